The highest BCUT2D eigenvalue weighted by Crippen LogP contribution is 2.24. The summed E-state index contributed by atoms with van der Waals surface area (Å²) in [5.41, 5.74) is -0.116. The second-order valence-electron chi connectivity index (χ2n) is 7.00. The number of ether oxygens (including phenoxy) is 1. The molecule has 0 radical (unpaired) electrons. The minimum absolute atomic E-state index is 0.0349. The molecule has 0 atom stereocenters. The number of hydrogen-bond donors (Lipinski definition) is 1. The third-order valence-electron chi connectivity index (χ3n) is 4.63. The first-order valence-corrected chi connectivity index (χ1v) is 11.3. The van der Waals surface area contributed by atoms with Gasteiger partial charge in [-0.25, -0.2) is 17.6 Å². The van der Waals surface area contributed by atoms with Crippen molar-refractivity contribution in [3.8, 4) is 11.4 Å². The van der Waals surface area contributed by atoms with Crippen LogP contribution in [0.5, 0.6) is 0 Å². The molecule has 0 fully saturated rings. The molecule has 0 saturated carbocycles. The lowest BCUT2D eigenvalue weighted by molar-refractivity contribution is -0.385. The Kier molecular flexibility index (Phi) is 6.51. The number of non-ortho nitro benzene ring substituents is 1. The minimum atomic E-state index is -4.25. The highest BCUT2D eigenvalue weighted by atomic mass is 32.2. The van der Waals surface area contributed by atoms with Crippen LogP contribution in [0.15, 0.2) is 82.2 Å². The van der Waals surface area contributed by atoms with E-state index in [1.165, 1.54) is 60.7 Å². The van der Waals surface area contributed by atoms with Gasteiger partial charge in [0.15, 0.2) is 6.61 Å². The first kappa shape index (κ1) is 23.5. The average Bonchev–Trinajstić information content (AvgIpc) is 3.32. The van der Waals surface area contributed by atoms with Gasteiger partial charge in [0.05, 0.1) is 21.1 Å². The van der Waals surface area contributed by atoms with E-state index in [4.69, 9.17) is 9.26 Å². The predicted octanol–water partition coefficient (Wildman–Crippen LogP) is 3.94. The molecule has 0 saturated heterocycles. The Morgan fingerprint density at radius 1 is 1.09 bits per heavy atom. The van der Waals surface area contributed by atoms with Gasteiger partial charge in [-0.15, -0.1) is 0 Å². The number of nitro groups is 1. The van der Waals surface area contributed by atoms with E-state index in [9.17, 15) is 27.7 Å². The van der Waals surface area contributed by atoms with Gasteiger partial charge in [-0.3, -0.25) is 14.8 Å². The molecule has 0 aliphatic carbocycles. The van der Waals surface area contributed by atoms with Crippen LogP contribution >= 0.6 is 0 Å². The van der Waals surface area contributed by atoms with Crippen molar-refractivity contribution in [1.29, 1.82) is 0 Å². The van der Waals surface area contributed by atoms with E-state index in [0.717, 1.165) is 12.1 Å². The van der Waals surface area contributed by atoms with Gasteiger partial charge >= 0.3 is 5.97 Å². The summed E-state index contributed by atoms with van der Waals surface area (Å²) < 4.78 is 51.0. The number of benzene rings is 3. The summed E-state index contributed by atoms with van der Waals surface area (Å²) in [5, 5.41) is 14.7. The third kappa shape index (κ3) is 5.47. The van der Waals surface area contributed by atoms with Gasteiger partial charge in [-0.05, 0) is 42.5 Å². The lowest BCUT2D eigenvalue weighted by atomic mass is 10.2. The molecule has 1 N–H and O–H groups in total. The van der Waals surface area contributed by atoms with Gasteiger partial charge < -0.3 is 9.26 Å². The van der Waals surface area contributed by atoms with E-state index in [2.05, 4.69) is 14.9 Å². The van der Waals surface area contributed by atoms with E-state index >= 15 is 0 Å². The monoisotopic (exact) mass is 498 g/mol. The Labute approximate surface area is 197 Å². The number of carbonyl (C=O) groups excluding carboxylic acids is 1. The van der Waals surface area contributed by atoms with Crippen molar-refractivity contribution in [2.45, 2.75) is 11.5 Å². The molecule has 0 bridgehead atoms. The van der Waals surface area contributed by atoms with E-state index in [1.807, 2.05) is 0 Å². The Morgan fingerprint density at radius 3 is 2.57 bits per heavy atom. The SMILES string of the molecule is O=C(OCc1nc(-c2ccc(F)cc2)no1)c1ccccc1NS(=O)(=O)c1cccc([N+](=O)[O-])c1. The quantitative estimate of drug-likeness (QED) is 0.216. The Hall–Kier alpha value is -4.65. The van der Waals surface area contributed by atoms with Crippen molar-refractivity contribution >= 4 is 27.4 Å². The summed E-state index contributed by atoms with van der Waals surface area (Å²) in [5.74, 6) is -1.18. The first-order valence-electron chi connectivity index (χ1n) is 9.85. The molecule has 4 aromatic rings. The Balaban J connectivity index is 1.48. The summed E-state index contributed by atoms with van der Waals surface area (Å²) in [7, 11) is -4.25. The summed E-state index contributed by atoms with van der Waals surface area (Å²) in [4.78, 5) is 26.6. The van der Waals surface area contributed by atoms with Crippen molar-refractivity contribution in [1.82, 2.24) is 10.1 Å². The zero-order chi connectivity index (χ0) is 25.0. The fourth-order valence-electron chi connectivity index (χ4n) is 2.95. The molecule has 0 unspecified atom stereocenters. The number of anilines is 1. The number of hydrogen-bond acceptors (Lipinski definition) is 9. The minimum Gasteiger partial charge on any atom is -0.452 e. The van der Waals surface area contributed by atoms with Crippen LogP contribution in [0.25, 0.3) is 11.4 Å². The van der Waals surface area contributed by atoms with Gasteiger partial charge in [-0.2, -0.15) is 4.98 Å². The number of rotatable bonds is 8. The fraction of sp³-hybridized carbons (Fsp3) is 0.0455. The number of para-hydroxylation sites is 1. The molecule has 11 nitrogen and oxygen atoms in total. The van der Waals surface area contributed by atoms with E-state index < -0.39 is 39.0 Å². The first-order chi connectivity index (χ1) is 16.7. The number of esters is 1. The Morgan fingerprint density at radius 2 is 1.83 bits per heavy atom. The maximum absolute atomic E-state index is 13.1. The predicted molar refractivity (Wildman–Crippen MR) is 119 cm³/mol. The molecule has 0 amide bonds. The maximum Gasteiger partial charge on any atom is 0.340 e. The van der Waals surface area contributed by atoms with Crippen molar-refractivity contribution < 1.29 is 31.8 Å². The summed E-state index contributed by atoms with van der Waals surface area (Å²) in [6, 6.07) is 15.5. The summed E-state index contributed by atoms with van der Waals surface area (Å²) in [6.07, 6.45) is 0. The Bertz CT molecular complexity index is 1500. The van der Waals surface area contributed by atoms with Crippen LogP contribution < -0.4 is 4.72 Å². The molecule has 4 rings (SSSR count). The molecule has 0 aliphatic heterocycles. The van der Waals surface area contributed by atoms with Crippen LogP contribution in [0.1, 0.15) is 16.2 Å². The highest BCUT2D eigenvalue weighted by Gasteiger charge is 2.22. The van der Waals surface area contributed by atoms with Crippen LogP contribution in [-0.4, -0.2) is 29.5 Å². The van der Waals surface area contributed by atoms with Crippen LogP contribution in [0.4, 0.5) is 15.8 Å². The third-order valence-corrected chi connectivity index (χ3v) is 5.99. The molecule has 1 aromatic heterocycles. The molecule has 1 heterocycles. The molecule has 35 heavy (non-hydrogen) atoms. The van der Waals surface area contributed by atoms with E-state index in [0.29, 0.717) is 5.56 Å². The maximum atomic E-state index is 13.1. The van der Waals surface area contributed by atoms with Crippen LogP contribution in [0, 0.1) is 15.9 Å². The molecule has 0 aliphatic rings. The number of nitrogens with zero attached hydrogens (tertiary/aromatic N) is 3. The molecular formula is C22H15FN4O7S. The smallest absolute Gasteiger partial charge is 0.340 e. The van der Waals surface area contributed by atoms with Gasteiger partial charge in [0.1, 0.15) is 5.82 Å². The zero-order valence-electron chi connectivity index (χ0n) is 17.6. The normalized spacial score (nSPS) is 11.1. The number of nitro benzene ring substituents is 1. The van der Waals surface area contributed by atoms with E-state index in [1.54, 1.807) is 0 Å². The average molecular weight is 498 g/mol. The molecule has 178 valence electrons. The number of halogens is 1. The second-order valence-corrected chi connectivity index (χ2v) is 8.68. The zero-order valence-corrected chi connectivity index (χ0v) is 18.4. The van der Waals surface area contributed by atoms with Gasteiger partial charge in [0.2, 0.25) is 5.82 Å². The van der Waals surface area contributed by atoms with Gasteiger partial charge in [0, 0.05) is 17.7 Å². The lowest BCUT2D eigenvalue weighted by Crippen LogP contribution is -2.16. The van der Waals surface area contributed by atoms with Crippen molar-refractivity contribution in [2.24, 2.45) is 0 Å². The van der Waals surface area contributed by atoms with Crippen LogP contribution in [0.2, 0.25) is 0 Å². The number of nitrogens with one attached hydrogen (secondary N) is 1. The standard InChI is InChI=1S/C22H15FN4O7S/c23-15-10-8-14(9-11-15)21-24-20(34-25-21)13-33-22(28)18-6-1-2-7-19(18)26-35(31,32)17-5-3-4-16(12-17)27(29)30/h1-12,26H,13H2. The van der Waals surface area contributed by atoms with Crippen molar-refractivity contribution in [3.63, 3.8) is 0 Å². The molecule has 0 spiro atoms. The summed E-state index contributed by atoms with van der Waals surface area (Å²) >= 11 is 0. The number of aromatic nitrogens is 2. The van der Waals surface area contributed by atoms with Crippen LogP contribution in [0.3, 0.4) is 0 Å². The highest BCUT2D eigenvalue weighted by molar-refractivity contribution is 7.92. The van der Waals surface area contributed by atoms with Crippen molar-refractivity contribution in [2.75, 3.05) is 4.72 Å². The van der Waals surface area contributed by atoms with E-state index in [-0.39, 0.29) is 27.9 Å². The van der Waals surface area contributed by atoms with Gasteiger partial charge in [-0.1, -0.05) is 23.4 Å². The molecule has 13 heteroatoms. The van der Waals surface area contributed by atoms with Crippen molar-refractivity contribution in [3.05, 3.63) is 100 Å². The molecular weight excluding hydrogens is 483 g/mol. The molecule has 3 aromatic carbocycles. The van der Waals surface area contributed by atoms with Gasteiger partial charge in [0.25, 0.3) is 21.6 Å². The fourth-order valence-corrected chi connectivity index (χ4v) is 4.07. The topological polar surface area (TPSA) is 155 Å². The summed E-state index contributed by atoms with van der Waals surface area (Å²) in [6.45, 7) is -0.404. The second kappa shape index (κ2) is 9.69. The largest absolute Gasteiger partial charge is 0.452 e. The lowest BCUT2D eigenvalue weighted by Gasteiger charge is -2.12. The van der Waals surface area contributed by atoms with Crippen LogP contribution in [-0.2, 0) is 21.4 Å². The number of sulfonamides is 1. The number of carbonyl (C=O) groups is 1.